The van der Waals surface area contributed by atoms with E-state index < -0.39 is 0 Å². The minimum Gasteiger partial charge on any atom is -0.234 e. The van der Waals surface area contributed by atoms with E-state index in [4.69, 9.17) is 0 Å². The van der Waals surface area contributed by atoms with Crippen molar-refractivity contribution < 1.29 is 4.57 Å². The van der Waals surface area contributed by atoms with E-state index in [1.54, 1.807) is 0 Å². The third-order valence-electron chi connectivity index (χ3n) is 2.36. The van der Waals surface area contributed by atoms with E-state index >= 15 is 0 Å². The van der Waals surface area contributed by atoms with E-state index in [9.17, 15) is 0 Å². The molecule has 0 aromatic carbocycles. The van der Waals surface area contributed by atoms with Crippen molar-refractivity contribution in [2.75, 3.05) is 0 Å². The minimum atomic E-state index is 1.00. The van der Waals surface area contributed by atoms with Crippen molar-refractivity contribution in [3.63, 3.8) is 0 Å². The van der Waals surface area contributed by atoms with Crippen LogP contribution >= 0.6 is 0 Å². The van der Waals surface area contributed by atoms with E-state index in [0.29, 0.717) is 0 Å². The van der Waals surface area contributed by atoms with Crippen LogP contribution in [0.25, 0.3) is 0 Å². The van der Waals surface area contributed by atoms with Gasteiger partial charge in [-0.1, -0.05) is 19.3 Å². The largest absolute Gasteiger partial charge is 0.266 e. The second-order valence-electron chi connectivity index (χ2n) is 3.39. The summed E-state index contributed by atoms with van der Waals surface area (Å²) in [7, 11) is 0. The number of aryl methyl sites for hydroxylation is 1. The van der Waals surface area contributed by atoms with Gasteiger partial charge in [-0.25, -0.2) is 4.57 Å². The monoisotopic (exact) mass is 191 g/mol. The maximum absolute atomic E-state index is 3.18. The zero-order valence-corrected chi connectivity index (χ0v) is 9.38. The van der Waals surface area contributed by atoms with Crippen molar-refractivity contribution in [3.05, 3.63) is 18.2 Å². The molecular formula is C12H19N2+. The highest BCUT2D eigenvalue weighted by molar-refractivity contribution is 4.93. The molecule has 0 N–H and O–H groups in total. The molecule has 0 aliphatic rings. The molecule has 0 spiro atoms. The molecule has 1 heterocycles. The van der Waals surface area contributed by atoms with E-state index in [1.807, 2.05) is 10.8 Å². The lowest BCUT2D eigenvalue weighted by Gasteiger charge is -1.90. The van der Waals surface area contributed by atoms with Gasteiger partial charge in [-0.05, 0) is 13.3 Å². The summed E-state index contributed by atoms with van der Waals surface area (Å²) in [5.41, 5.74) is 0. The highest BCUT2D eigenvalue weighted by Gasteiger charge is 2.07. The Bertz CT molecular complexity index is 339. The molecular weight excluding hydrogens is 172 g/mol. The van der Waals surface area contributed by atoms with Gasteiger partial charge >= 0.3 is 0 Å². The number of imidazole rings is 1. The average molecular weight is 191 g/mol. The van der Waals surface area contributed by atoms with Crippen LogP contribution in [0.4, 0.5) is 0 Å². The lowest BCUT2D eigenvalue weighted by molar-refractivity contribution is -0.590. The molecule has 0 fully saturated rings. The van der Waals surface area contributed by atoms with Gasteiger partial charge in [0.05, 0.1) is 6.54 Å². The van der Waals surface area contributed by atoms with Gasteiger partial charge in [-0.15, -0.1) is 0 Å². The van der Waals surface area contributed by atoms with Crippen molar-refractivity contribution in [2.24, 2.45) is 0 Å². The molecule has 2 heteroatoms. The van der Waals surface area contributed by atoms with E-state index in [0.717, 1.165) is 13.0 Å². The summed E-state index contributed by atoms with van der Waals surface area (Å²) in [6, 6.07) is 3.15. The van der Waals surface area contributed by atoms with E-state index in [-0.39, 0.29) is 0 Å². The van der Waals surface area contributed by atoms with E-state index in [2.05, 4.69) is 43.5 Å². The zero-order valence-electron chi connectivity index (χ0n) is 9.38. The van der Waals surface area contributed by atoms with Gasteiger partial charge in [-0.3, -0.25) is 0 Å². The van der Waals surface area contributed by atoms with Gasteiger partial charge in [0.2, 0.25) is 0 Å². The lowest BCUT2D eigenvalue weighted by atomic mass is 10.3. The molecule has 1 rings (SSSR count). The molecule has 0 radical (unpaired) electrons. The first-order valence-corrected chi connectivity index (χ1v) is 5.35. The van der Waals surface area contributed by atoms with Crippen molar-refractivity contribution in [1.29, 1.82) is 0 Å². The first-order chi connectivity index (χ1) is 6.79. The van der Waals surface area contributed by atoms with Gasteiger partial charge in [0.15, 0.2) is 0 Å². The first kappa shape index (κ1) is 10.8. The zero-order chi connectivity index (χ0) is 10.4. The van der Waals surface area contributed by atoms with Crippen LogP contribution in [-0.4, -0.2) is 4.57 Å². The Morgan fingerprint density at radius 1 is 1.43 bits per heavy atom. The highest BCUT2D eigenvalue weighted by atomic mass is 15.1. The summed E-state index contributed by atoms with van der Waals surface area (Å²) in [5.74, 6) is 4.39. The second-order valence-corrected chi connectivity index (χ2v) is 3.39. The number of unbranched alkanes of at least 4 members (excludes halogenated alkanes) is 2. The molecule has 76 valence electrons. The molecule has 0 unspecified atom stereocenters. The normalized spacial score (nSPS) is 9.64. The van der Waals surface area contributed by atoms with E-state index in [1.165, 1.54) is 18.7 Å². The molecule has 0 atom stereocenters. The van der Waals surface area contributed by atoms with Crippen LogP contribution in [0.1, 0.15) is 38.9 Å². The first-order valence-electron chi connectivity index (χ1n) is 5.35. The fourth-order valence-corrected chi connectivity index (χ4v) is 1.36. The van der Waals surface area contributed by atoms with Crippen LogP contribution in [0.5, 0.6) is 0 Å². The van der Waals surface area contributed by atoms with Crippen molar-refractivity contribution in [1.82, 2.24) is 4.57 Å². The smallest absolute Gasteiger partial charge is 0.234 e. The predicted molar refractivity (Wildman–Crippen MR) is 57.7 cm³/mol. The molecule has 0 amide bonds. The molecule has 0 bridgehead atoms. The van der Waals surface area contributed by atoms with Crippen molar-refractivity contribution >= 4 is 0 Å². The Morgan fingerprint density at radius 3 is 2.79 bits per heavy atom. The Kier molecular flexibility index (Phi) is 4.25. The third kappa shape index (κ3) is 2.63. The van der Waals surface area contributed by atoms with Gasteiger partial charge in [0.25, 0.3) is 5.82 Å². The topological polar surface area (TPSA) is 8.81 Å². The Morgan fingerprint density at radius 2 is 2.21 bits per heavy atom. The van der Waals surface area contributed by atoms with Crippen molar-refractivity contribution in [3.8, 4) is 12.0 Å². The second kappa shape index (κ2) is 5.49. The molecule has 14 heavy (non-hydrogen) atoms. The average Bonchev–Trinajstić information content (AvgIpc) is 2.55. The van der Waals surface area contributed by atoms with Crippen LogP contribution in [0.2, 0.25) is 0 Å². The summed E-state index contributed by atoms with van der Waals surface area (Å²) in [6.45, 7) is 7.43. The molecule has 2 nitrogen and oxygen atoms in total. The van der Waals surface area contributed by atoms with Gasteiger partial charge in [-0.2, -0.15) is 4.57 Å². The van der Waals surface area contributed by atoms with Crippen LogP contribution in [0.15, 0.2) is 12.4 Å². The standard InChI is InChI=1S/C12H19N2/c1-4-6-7-8-9-14-11-10-13(5-2)12(14)3/h10-11H,4-7H2,1-3H3/q+1. The highest BCUT2D eigenvalue weighted by Crippen LogP contribution is 1.92. The number of hydrogen-bond acceptors (Lipinski definition) is 0. The van der Waals surface area contributed by atoms with Gasteiger partial charge in [0.1, 0.15) is 18.4 Å². The predicted octanol–water partition coefficient (Wildman–Crippen LogP) is 2.10. The molecule has 0 aliphatic carbocycles. The maximum atomic E-state index is 3.18. The van der Waals surface area contributed by atoms with Crippen molar-refractivity contribution in [2.45, 2.75) is 46.6 Å². The fraction of sp³-hybridized carbons (Fsp3) is 0.583. The lowest BCUT2D eigenvalue weighted by Crippen LogP contribution is -2.30. The van der Waals surface area contributed by atoms with Crippen LogP contribution in [0.3, 0.4) is 0 Å². The Hall–Kier alpha value is -1.23. The molecule has 0 saturated heterocycles. The SMILES string of the molecule is CCCCC#C[n+]1ccn(CC)c1C. The van der Waals surface area contributed by atoms with Crippen LogP contribution < -0.4 is 4.57 Å². The number of hydrogen-bond donors (Lipinski definition) is 0. The summed E-state index contributed by atoms with van der Waals surface area (Å²) in [4.78, 5) is 0. The summed E-state index contributed by atoms with van der Waals surface area (Å²) < 4.78 is 4.19. The number of aromatic nitrogens is 2. The Balaban J connectivity index is 2.65. The molecule has 1 aromatic rings. The maximum Gasteiger partial charge on any atom is 0.266 e. The number of rotatable bonds is 3. The molecule has 1 aromatic heterocycles. The summed E-state index contributed by atoms with van der Waals surface area (Å²) in [5, 5.41) is 0. The van der Waals surface area contributed by atoms with Crippen LogP contribution in [0, 0.1) is 18.9 Å². The van der Waals surface area contributed by atoms with Gasteiger partial charge in [0, 0.05) is 13.3 Å². The Labute approximate surface area is 86.6 Å². The molecule has 0 saturated carbocycles. The fourth-order valence-electron chi connectivity index (χ4n) is 1.36. The minimum absolute atomic E-state index is 1.00. The summed E-state index contributed by atoms with van der Waals surface area (Å²) in [6.07, 6.45) is 7.51. The third-order valence-corrected chi connectivity index (χ3v) is 2.36. The van der Waals surface area contributed by atoms with Gasteiger partial charge < -0.3 is 0 Å². The van der Waals surface area contributed by atoms with Crippen LogP contribution in [-0.2, 0) is 6.54 Å². The number of nitrogens with zero attached hydrogens (tertiary/aromatic N) is 2. The molecule has 0 aliphatic heterocycles. The summed E-state index contributed by atoms with van der Waals surface area (Å²) >= 11 is 0. The quantitative estimate of drug-likeness (QED) is 0.393.